The molecular formula is C9H7N3O3. The fourth-order valence-corrected chi connectivity index (χ4v) is 1.35. The second kappa shape index (κ2) is 3.43. The highest BCUT2D eigenvalue weighted by Crippen LogP contribution is 2.30. The highest BCUT2D eigenvalue weighted by Gasteiger charge is 2.06. The largest absolute Gasteiger partial charge is 0.494 e. The smallest absolute Gasteiger partial charge is 0.323 e. The lowest BCUT2D eigenvalue weighted by atomic mass is 10.2. The van der Waals surface area contributed by atoms with Crippen LogP contribution in [0.15, 0.2) is 21.9 Å². The van der Waals surface area contributed by atoms with Gasteiger partial charge in [0.05, 0.1) is 18.1 Å². The lowest BCUT2D eigenvalue weighted by Gasteiger charge is -2.01. The maximum absolute atomic E-state index is 11.0. The molecule has 0 spiro atoms. The maximum atomic E-state index is 11.0. The van der Waals surface area contributed by atoms with Crippen molar-refractivity contribution in [3.63, 3.8) is 0 Å². The zero-order chi connectivity index (χ0) is 10.8. The normalized spacial score (nSPS) is 9.93. The number of aliphatic imine (C=N–C) groups is 1. The number of H-pyrrole nitrogens is 2. The fourth-order valence-electron chi connectivity index (χ4n) is 1.35. The van der Waals surface area contributed by atoms with Crippen molar-refractivity contribution >= 4 is 22.8 Å². The van der Waals surface area contributed by atoms with Crippen LogP contribution in [-0.4, -0.2) is 23.2 Å². The van der Waals surface area contributed by atoms with Crippen molar-refractivity contribution in [1.82, 2.24) is 9.97 Å². The van der Waals surface area contributed by atoms with Gasteiger partial charge in [0.2, 0.25) is 6.08 Å². The molecule has 0 amide bonds. The molecule has 1 heterocycles. The summed E-state index contributed by atoms with van der Waals surface area (Å²) >= 11 is 0. The van der Waals surface area contributed by atoms with Crippen LogP contribution in [-0.2, 0) is 4.79 Å². The van der Waals surface area contributed by atoms with E-state index in [0.29, 0.717) is 22.5 Å². The monoisotopic (exact) mass is 205 g/mol. The Kier molecular flexibility index (Phi) is 2.11. The van der Waals surface area contributed by atoms with Gasteiger partial charge in [-0.05, 0) is 6.07 Å². The first kappa shape index (κ1) is 9.23. The number of isocyanates is 1. The average Bonchev–Trinajstić information content (AvgIpc) is 2.56. The topological polar surface area (TPSA) is 87.3 Å². The summed E-state index contributed by atoms with van der Waals surface area (Å²) in [6.07, 6.45) is 1.42. The molecule has 0 aliphatic rings. The number of imidazole rings is 1. The molecular weight excluding hydrogens is 198 g/mol. The van der Waals surface area contributed by atoms with E-state index in [1.807, 2.05) is 0 Å². The third-order valence-electron chi connectivity index (χ3n) is 1.98. The number of nitrogens with zero attached hydrogens (tertiary/aromatic N) is 1. The van der Waals surface area contributed by atoms with Crippen LogP contribution in [0.3, 0.4) is 0 Å². The molecule has 0 bridgehead atoms. The molecule has 2 aromatic rings. The van der Waals surface area contributed by atoms with Gasteiger partial charge in [-0.2, -0.15) is 4.99 Å². The van der Waals surface area contributed by atoms with E-state index in [0.717, 1.165) is 0 Å². The number of benzene rings is 1. The quantitative estimate of drug-likeness (QED) is 0.562. The highest BCUT2D eigenvalue weighted by atomic mass is 16.5. The second-order valence-electron chi connectivity index (χ2n) is 2.85. The van der Waals surface area contributed by atoms with Crippen LogP contribution in [0.2, 0.25) is 0 Å². The van der Waals surface area contributed by atoms with Crippen molar-refractivity contribution in [2.75, 3.05) is 7.11 Å². The summed E-state index contributed by atoms with van der Waals surface area (Å²) in [6, 6.07) is 3.13. The molecule has 0 radical (unpaired) electrons. The number of aromatic nitrogens is 2. The Morgan fingerprint density at radius 2 is 2.00 bits per heavy atom. The molecule has 0 aliphatic carbocycles. The number of carbonyl (C=O) groups excluding carboxylic acids is 1. The van der Waals surface area contributed by atoms with Crippen LogP contribution in [0.1, 0.15) is 0 Å². The Morgan fingerprint density at radius 1 is 1.33 bits per heavy atom. The van der Waals surface area contributed by atoms with Crippen LogP contribution in [0.25, 0.3) is 11.0 Å². The zero-order valence-corrected chi connectivity index (χ0v) is 7.83. The number of hydrogen-bond donors (Lipinski definition) is 2. The summed E-state index contributed by atoms with van der Waals surface area (Å²) in [5, 5.41) is 0. The number of fused-ring (bicyclic) bond motifs is 1. The van der Waals surface area contributed by atoms with Crippen molar-refractivity contribution in [2.45, 2.75) is 0 Å². The van der Waals surface area contributed by atoms with Gasteiger partial charge in [-0.1, -0.05) is 0 Å². The molecule has 0 unspecified atom stereocenters. The number of methoxy groups -OCH3 is 1. The molecule has 0 fully saturated rings. The first-order chi connectivity index (χ1) is 7.24. The van der Waals surface area contributed by atoms with Gasteiger partial charge in [0.15, 0.2) is 0 Å². The van der Waals surface area contributed by atoms with Crippen LogP contribution in [0, 0.1) is 0 Å². The molecule has 0 saturated heterocycles. The predicted molar refractivity (Wildman–Crippen MR) is 53.3 cm³/mol. The van der Waals surface area contributed by atoms with Gasteiger partial charge < -0.3 is 14.7 Å². The summed E-state index contributed by atoms with van der Waals surface area (Å²) in [5.41, 5.74) is 1.17. The summed E-state index contributed by atoms with van der Waals surface area (Å²) < 4.78 is 5.01. The fraction of sp³-hybridized carbons (Fsp3) is 0.111. The first-order valence-electron chi connectivity index (χ1n) is 4.12. The molecule has 6 nitrogen and oxygen atoms in total. The molecule has 1 aromatic carbocycles. The van der Waals surface area contributed by atoms with E-state index >= 15 is 0 Å². The third kappa shape index (κ3) is 1.53. The molecule has 0 atom stereocenters. The van der Waals surface area contributed by atoms with Gasteiger partial charge in [0.1, 0.15) is 11.4 Å². The van der Waals surface area contributed by atoms with E-state index in [4.69, 9.17) is 4.74 Å². The Balaban J connectivity index is 2.78. The van der Waals surface area contributed by atoms with Crippen LogP contribution in [0.5, 0.6) is 5.75 Å². The zero-order valence-electron chi connectivity index (χ0n) is 7.83. The number of hydrogen-bond acceptors (Lipinski definition) is 4. The van der Waals surface area contributed by atoms with Crippen molar-refractivity contribution < 1.29 is 9.53 Å². The lowest BCUT2D eigenvalue weighted by molar-refractivity contribution is 0.416. The van der Waals surface area contributed by atoms with Crippen LogP contribution >= 0.6 is 0 Å². The predicted octanol–water partition coefficient (Wildman–Crippen LogP) is 0.832. The SMILES string of the molecule is COc1cc2[nH]c(=O)[nH]c2cc1N=C=O. The number of rotatable bonds is 2. The Hall–Kier alpha value is -2.33. The van der Waals surface area contributed by atoms with Gasteiger partial charge in [0.25, 0.3) is 0 Å². The Morgan fingerprint density at radius 3 is 2.60 bits per heavy atom. The van der Waals surface area contributed by atoms with Gasteiger partial charge in [0, 0.05) is 6.07 Å². The lowest BCUT2D eigenvalue weighted by Crippen LogP contribution is -1.99. The first-order valence-corrected chi connectivity index (χ1v) is 4.12. The van der Waals surface area contributed by atoms with Gasteiger partial charge >= 0.3 is 5.69 Å². The third-order valence-corrected chi connectivity index (χ3v) is 1.98. The molecule has 1 aromatic heterocycles. The van der Waals surface area contributed by atoms with Crippen molar-refractivity contribution in [2.24, 2.45) is 4.99 Å². The summed E-state index contributed by atoms with van der Waals surface area (Å²) in [7, 11) is 1.45. The van der Waals surface area contributed by atoms with E-state index < -0.39 is 0 Å². The molecule has 6 heteroatoms. The average molecular weight is 205 g/mol. The van der Waals surface area contributed by atoms with Crippen molar-refractivity contribution in [3.8, 4) is 5.75 Å². The number of nitrogens with one attached hydrogen (secondary N) is 2. The highest BCUT2D eigenvalue weighted by molar-refractivity contribution is 5.82. The summed E-state index contributed by atoms with van der Waals surface area (Å²) in [4.78, 5) is 29.7. The molecule has 2 rings (SSSR count). The van der Waals surface area contributed by atoms with E-state index in [1.54, 1.807) is 6.07 Å². The maximum Gasteiger partial charge on any atom is 0.323 e. The molecule has 76 valence electrons. The van der Waals surface area contributed by atoms with Gasteiger partial charge in [-0.25, -0.2) is 9.59 Å². The van der Waals surface area contributed by atoms with Gasteiger partial charge in [-0.3, -0.25) is 0 Å². The number of ether oxygens (including phenoxy) is 1. The van der Waals surface area contributed by atoms with E-state index in [1.165, 1.54) is 19.3 Å². The standard InChI is InChI=1S/C9H7N3O3/c1-15-8-3-6-5(11-9(14)12-6)2-7(8)10-4-13/h2-3H,1H3,(H2,11,12,14). The van der Waals surface area contributed by atoms with E-state index in [-0.39, 0.29) is 5.69 Å². The van der Waals surface area contributed by atoms with Crippen LogP contribution < -0.4 is 10.4 Å². The van der Waals surface area contributed by atoms with E-state index in [9.17, 15) is 9.59 Å². The minimum Gasteiger partial charge on any atom is -0.494 e. The minimum absolute atomic E-state index is 0.320. The summed E-state index contributed by atoms with van der Waals surface area (Å²) in [6.45, 7) is 0. The number of aromatic amines is 2. The van der Waals surface area contributed by atoms with Crippen molar-refractivity contribution in [1.29, 1.82) is 0 Å². The second-order valence-corrected chi connectivity index (χ2v) is 2.85. The molecule has 2 N–H and O–H groups in total. The molecule has 0 aliphatic heterocycles. The van der Waals surface area contributed by atoms with Gasteiger partial charge in [-0.15, -0.1) is 0 Å². The van der Waals surface area contributed by atoms with Crippen molar-refractivity contribution in [3.05, 3.63) is 22.6 Å². The van der Waals surface area contributed by atoms with Crippen LogP contribution in [0.4, 0.5) is 5.69 Å². The minimum atomic E-state index is -0.320. The summed E-state index contributed by atoms with van der Waals surface area (Å²) in [5.74, 6) is 0.404. The molecule has 15 heavy (non-hydrogen) atoms. The Bertz CT molecular complexity index is 605. The Labute approximate surface area is 83.6 Å². The van der Waals surface area contributed by atoms with E-state index in [2.05, 4.69) is 15.0 Å². The molecule has 0 saturated carbocycles.